The van der Waals surface area contributed by atoms with Gasteiger partial charge in [-0.1, -0.05) is 20.8 Å². The minimum absolute atomic E-state index is 0.236. The first-order valence-corrected chi connectivity index (χ1v) is 8.76. The Labute approximate surface area is 127 Å². The molecule has 1 N–H and O–H groups in total. The van der Waals surface area contributed by atoms with E-state index in [9.17, 15) is 0 Å². The maximum absolute atomic E-state index is 4.67. The molecule has 1 aliphatic heterocycles. The highest BCUT2D eigenvalue weighted by Crippen LogP contribution is 2.33. The molecule has 0 saturated carbocycles. The molecule has 1 saturated heterocycles. The molecule has 1 atom stereocenters. The third kappa shape index (κ3) is 3.07. The lowest BCUT2D eigenvalue weighted by molar-refractivity contribution is -0.00412. The fourth-order valence-corrected chi connectivity index (χ4v) is 3.97. The van der Waals surface area contributed by atoms with Gasteiger partial charge in [0.15, 0.2) is 0 Å². The second kappa shape index (κ2) is 6.12. The number of hydrogen-bond acceptors (Lipinski definition) is 4. The first-order valence-electron chi connectivity index (χ1n) is 7.88. The summed E-state index contributed by atoms with van der Waals surface area (Å²) >= 11 is 1.80. The molecule has 3 nitrogen and oxygen atoms in total. The van der Waals surface area contributed by atoms with Crippen LogP contribution in [0.25, 0.3) is 0 Å². The van der Waals surface area contributed by atoms with Gasteiger partial charge in [0.05, 0.1) is 6.54 Å². The van der Waals surface area contributed by atoms with Gasteiger partial charge in [-0.05, 0) is 33.1 Å². The maximum atomic E-state index is 4.67. The minimum atomic E-state index is 0.236. The van der Waals surface area contributed by atoms with Gasteiger partial charge < -0.3 is 5.32 Å². The standard InChI is InChI=1S/C16H29N3S/c1-6-15(5)12-19(9-14-18-13(4)10-20-14)16(7-2,8-3)11-17-15/h10,17H,6-9,11-12H2,1-5H3. The van der Waals surface area contributed by atoms with E-state index in [1.54, 1.807) is 11.3 Å². The second-order valence-corrected chi connectivity index (χ2v) is 7.38. The smallest absolute Gasteiger partial charge is 0.107 e. The molecule has 4 heteroatoms. The van der Waals surface area contributed by atoms with Gasteiger partial charge in [0, 0.05) is 35.2 Å². The van der Waals surface area contributed by atoms with E-state index >= 15 is 0 Å². The van der Waals surface area contributed by atoms with Crippen LogP contribution in [0.2, 0.25) is 0 Å². The maximum Gasteiger partial charge on any atom is 0.107 e. The van der Waals surface area contributed by atoms with Crippen LogP contribution in [0.3, 0.4) is 0 Å². The third-order valence-electron chi connectivity index (χ3n) is 5.14. The lowest BCUT2D eigenvalue weighted by Crippen LogP contribution is -2.68. The number of nitrogens with zero attached hydrogens (tertiary/aromatic N) is 2. The fourth-order valence-electron chi connectivity index (χ4n) is 3.18. The first-order chi connectivity index (χ1) is 9.47. The highest BCUT2D eigenvalue weighted by molar-refractivity contribution is 7.09. The summed E-state index contributed by atoms with van der Waals surface area (Å²) in [6.07, 6.45) is 3.56. The highest BCUT2D eigenvalue weighted by atomic mass is 32.1. The zero-order valence-corrected chi connectivity index (χ0v) is 14.4. The molecular formula is C16H29N3S. The lowest BCUT2D eigenvalue weighted by Gasteiger charge is -2.53. The summed E-state index contributed by atoms with van der Waals surface area (Å²) in [5, 5.41) is 7.22. The Morgan fingerprint density at radius 3 is 2.50 bits per heavy atom. The lowest BCUT2D eigenvalue weighted by atomic mass is 9.82. The largest absolute Gasteiger partial charge is 0.308 e. The van der Waals surface area contributed by atoms with Gasteiger partial charge in [-0.2, -0.15) is 0 Å². The number of aromatic nitrogens is 1. The molecule has 20 heavy (non-hydrogen) atoms. The van der Waals surface area contributed by atoms with Crippen molar-refractivity contribution in [3.8, 4) is 0 Å². The molecule has 0 amide bonds. The van der Waals surface area contributed by atoms with Crippen LogP contribution >= 0.6 is 11.3 Å². The van der Waals surface area contributed by atoms with Crippen molar-refractivity contribution in [2.24, 2.45) is 0 Å². The Morgan fingerprint density at radius 1 is 1.30 bits per heavy atom. The Hall–Kier alpha value is -0.450. The Balaban J connectivity index is 2.21. The molecular weight excluding hydrogens is 266 g/mol. The summed E-state index contributed by atoms with van der Waals surface area (Å²) in [4.78, 5) is 7.35. The summed E-state index contributed by atoms with van der Waals surface area (Å²) in [5.41, 5.74) is 1.67. The molecule has 2 rings (SSSR count). The van der Waals surface area contributed by atoms with Crippen LogP contribution in [0, 0.1) is 6.92 Å². The van der Waals surface area contributed by atoms with Gasteiger partial charge in [0.25, 0.3) is 0 Å². The zero-order chi connectivity index (χ0) is 14.8. The predicted molar refractivity (Wildman–Crippen MR) is 87.3 cm³/mol. The van der Waals surface area contributed by atoms with Crippen molar-refractivity contribution in [2.45, 2.75) is 71.5 Å². The number of hydrogen-bond donors (Lipinski definition) is 1. The summed E-state index contributed by atoms with van der Waals surface area (Å²) < 4.78 is 0. The van der Waals surface area contributed by atoms with Gasteiger partial charge in [-0.15, -0.1) is 11.3 Å². The van der Waals surface area contributed by atoms with Crippen LogP contribution in [0.4, 0.5) is 0 Å². The number of aryl methyl sites for hydroxylation is 1. The van der Waals surface area contributed by atoms with Gasteiger partial charge >= 0.3 is 0 Å². The van der Waals surface area contributed by atoms with Crippen molar-refractivity contribution in [3.63, 3.8) is 0 Å². The van der Waals surface area contributed by atoms with Crippen molar-refractivity contribution in [3.05, 3.63) is 16.1 Å². The van der Waals surface area contributed by atoms with Gasteiger partial charge in [-0.25, -0.2) is 4.98 Å². The first kappa shape index (κ1) is 15.9. The number of thiazole rings is 1. The fraction of sp³-hybridized carbons (Fsp3) is 0.812. The van der Waals surface area contributed by atoms with E-state index in [2.05, 4.69) is 55.2 Å². The molecule has 0 aliphatic carbocycles. The van der Waals surface area contributed by atoms with Crippen LogP contribution in [0.5, 0.6) is 0 Å². The minimum Gasteiger partial charge on any atom is -0.308 e. The van der Waals surface area contributed by atoms with Crippen molar-refractivity contribution in [2.75, 3.05) is 13.1 Å². The van der Waals surface area contributed by atoms with E-state index in [1.165, 1.54) is 24.3 Å². The van der Waals surface area contributed by atoms with E-state index in [0.717, 1.165) is 25.3 Å². The van der Waals surface area contributed by atoms with Crippen molar-refractivity contribution >= 4 is 11.3 Å². The van der Waals surface area contributed by atoms with Crippen molar-refractivity contribution < 1.29 is 0 Å². The van der Waals surface area contributed by atoms with Crippen LogP contribution < -0.4 is 5.32 Å². The number of nitrogens with one attached hydrogen (secondary N) is 1. The quantitative estimate of drug-likeness (QED) is 0.900. The summed E-state index contributed by atoms with van der Waals surface area (Å²) in [5.74, 6) is 0. The Morgan fingerprint density at radius 2 is 2.00 bits per heavy atom. The Bertz CT molecular complexity index is 439. The third-order valence-corrected chi connectivity index (χ3v) is 6.10. The molecule has 1 aliphatic rings. The summed E-state index contributed by atoms with van der Waals surface area (Å²) in [7, 11) is 0. The normalized spacial score (nSPS) is 26.9. The number of rotatable bonds is 5. The van der Waals surface area contributed by atoms with Crippen LogP contribution in [0.15, 0.2) is 5.38 Å². The molecule has 2 heterocycles. The van der Waals surface area contributed by atoms with Crippen LogP contribution in [-0.4, -0.2) is 34.1 Å². The van der Waals surface area contributed by atoms with Gasteiger partial charge in [0.1, 0.15) is 5.01 Å². The molecule has 1 aromatic rings. The molecule has 0 spiro atoms. The van der Waals surface area contributed by atoms with Gasteiger partial charge in [-0.3, -0.25) is 4.90 Å². The summed E-state index contributed by atoms with van der Waals surface area (Å²) in [6, 6.07) is 0. The molecule has 0 bridgehead atoms. The van der Waals surface area contributed by atoms with E-state index in [4.69, 9.17) is 0 Å². The van der Waals surface area contributed by atoms with E-state index in [-0.39, 0.29) is 11.1 Å². The SMILES string of the molecule is CCC1(C)CN(Cc2nc(C)cs2)C(CC)(CC)CN1. The van der Waals surface area contributed by atoms with Crippen molar-refractivity contribution in [1.29, 1.82) is 0 Å². The molecule has 1 unspecified atom stereocenters. The zero-order valence-electron chi connectivity index (χ0n) is 13.6. The molecule has 1 aromatic heterocycles. The molecule has 1 fully saturated rings. The van der Waals surface area contributed by atoms with Crippen LogP contribution in [0.1, 0.15) is 57.7 Å². The van der Waals surface area contributed by atoms with E-state index < -0.39 is 0 Å². The monoisotopic (exact) mass is 295 g/mol. The Kier molecular flexibility index (Phi) is 4.88. The average molecular weight is 295 g/mol. The highest BCUT2D eigenvalue weighted by Gasteiger charge is 2.42. The van der Waals surface area contributed by atoms with Crippen molar-refractivity contribution in [1.82, 2.24) is 15.2 Å². The van der Waals surface area contributed by atoms with E-state index in [0.29, 0.717) is 0 Å². The molecule has 0 radical (unpaired) electrons. The topological polar surface area (TPSA) is 28.2 Å². The number of piperazine rings is 1. The second-order valence-electron chi connectivity index (χ2n) is 6.44. The predicted octanol–water partition coefficient (Wildman–Crippen LogP) is 3.58. The molecule has 0 aromatic carbocycles. The van der Waals surface area contributed by atoms with E-state index in [1.807, 2.05) is 0 Å². The van der Waals surface area contributed by atoms with Crippen LogP contribution in [-0.2, 0) is 6.54 Å². The van der Waals surface area contributed by atoms with Gasteiger partial charge in [0.2, 0.25) is 0 Å². The average Bonchev–Trinajstić information content (AvgIpc) is 2.85. The molecule has 114 valence electrons. The summed E-state index contributed by atoms with van der Waals surface area (Å²) in [6.45, 7) is 14.6.